The summed E-state index contributed by atoms with van der Waals surface area (Å²) < 4.78 is 11.1. The number of methoxy groups -OCH3 is 1. The summed E-state index contributed by atoms with van der Waals surface area (Å²) in [5.41, 5.74) is 3.47. The van der Waals surface area contributed by atoms with Crippen molar-refractivity contribution in [2.75, 3.05) is 13.7 Å². The second kappa shape index (κ2) is 8.55. The summed E-state index contributed by atoms with van der Waals surface area (Å²) in [6, 6.07) is 4.32. The van der Waals surface area contributed by atoms with Crippen molar-refractivity contribution in [1.29, 1.82) is 0 Å². The van der Waals surface area contributed by atoms with Gasteiger partial charge in [0.2, 0.25) is 0 Å². The largest absolute Gasteiger partial charge is 0.496 e. The van der Waals surface area contributed by atoms with E-state index < -0.39 is 0 Å². The molecule has 3 heteroatoms. The van der Waals surface area contributed by atoms with E-state index in [9.17, 15) is 4.79 Å². The monoisotopic (exact) mass is 334 g/mol. The van der Waals surface area contributed by atoms with Crippen molar-refractivity contribution in [3.63, 3.8) is 0 Å². The van der Waals surface area contributed by atoms with E-state index in [1.165, 1.54) is 11.1 Å². The van der Waals surface area contributed by atoms with Gasteiger partial charge in [-0.3, -0.25) is 4.79 Å². The maximum Gasteiger partial charge on any atom is 0.309 e. The van der Waals surface area contributed by atoms with Crippen LogP contribution in [0.4, 0.5) is 0 Å². The minimum atomic E-state index is -0.131. The SMILES string of the molecule is CCOC(=O)C(Cc1cc(C)cc(C(C)(C)C)c1OC)CC(C)C. The van der Waals surface area contributed by atoms with Crippen LogP contribution in [0.15, 0.2) is 12.1 Å². The molecule has 3 nitrogen and oxygen atoms in total. The van der Waals surface area contributed by atoms with E-state index in [1.54, 1.807) is 7.11 Å². The molecule has 0 spiro atoms. The Balaban J connectivity index is 3.27. The number of esters is 1. The van der Waals surface area contributed by atoms with Crippen LogP contribution >= 0.6 is 0 Å². The molecule has 0 heterocycles. The van der Waals surface area contributed by atoms with Gasteiger partial charge in [0, 0.05) is 5.56 Å². The highest BCUT2D eigenvalue weighted by atomic mass is 16.5. The molecule has 0 saturated heterocycles. The Morgan fingerprint density at radius 1 is 1.21 bits per heavy atom. The fourth-order valence-corrected chi connectivity index (χ4v) is 3.16. The van der Waals surface area contributed by atoms with Gasteiger partial charge in [-0.2, -0.15) is 0 Å². The molecule has 0 radical (unpaired) electrons. The first kappa shape index (κ1) is 20.5. The quantitative estimate of drug-likeness (QED) is 0.653. The summed E-state index contributed by atoms with van der Waals surface area (Å²) in [7, 11) is 1.71. The second-order valence-electron chi connectivity index (χ2n) is 8.04. The number of carbonyl (C=O) groups excluding carboxylic acids is 1. The predicted octanol–water partition coefficient (Wildman–Crippen LogP) is 5.07. The third kappa shape index (κ3) is 5.54. The molecule has 1 atom stereocenters. The van der Waals surface area contributed by atoms with Gasteiger partial charge in [0.15, 0.2) is 0 Å². The van der Waals surface area contributed by atoms with E-state index in [1.807, 2.05) is 6.92 Å². The van der Waals surface area contributed by atoms with Crippen molar-refractivity contribution in [3.8, 4) is 5.75 Å². The lowest BCUT2D eigenvalue weighted by molar-refractivity contribution is -0.148. The topological polar surface area (TPSA) is 35.5 Å². The maximum atomic E-state index is 12.4. The van der Waals surface area contributed by atoms with Gasteiger partial charge in [0.1, 0.15) is 5.75 Å². The third-order valence-electron chi connectivity index (χ3n) is 4.16. The van der Waals surface area contributed by atoms with E-state index >= 15 is 0 Å². The Kier molecular flexibility index (Phi) is 7.31. The first-order chi connectivity index (χ1) is 11.1. The van der Waals surface area contributed by atoms with Crippen molar-refractivity contribution in [2.24, 2.45) is 11.8 Å². The first-order valence-electron chi connectivity index (χ1n) is 8.94. The zero-order valence-corrected chi connectivity index (χ0v) is 16.7. The van der Waals surface area contributed by atoms with Gasteiger partial charge in [-0.15, -0.1) is 0 Å². The minimum Gasteiger partial charge on any atom is -0.496 e. The summed E-state index contributed by atoms with van der Waals surface area (Å²) in [5.74, 6) is 1.11. The van der Waals surface area contributed by atoms with Gasteiger partial charge in [0.25, 0.3) is 0 Å². The zero-order chi connectivity index (χ0) is 18.5. The molecular weight excluding hydrogens is 300 g/mol. The molecular formula is C21H34O3. The van der Waals surface area contributed by atoms with E-state index in [2.05, 4.69) is 53.7 Å². The number of rotatable bonds is 7. The molecule has 1 unspecified atom stereocenters. The lowest BCUT2D eigenvalue weighted by Crippen LogP contribution is -2.23. The van der Waals surface area contributed by atoms with Gasteiger partial charge < -0.3 is 9.47 Å². The van der Waals surface area contributed by atoms with Crippen LogP contribution in [-0.2, 0) is 21.4 Å². The Labute approximate surface area is 147 Å². The molecule has 0 aliphatic heterocycles. The second-order valence-corrected chi connectivity index (χ2v) is 8.04. The standard InChI is InChI=1S/C21H34O3/c1-9-24-20(22)17(10-14(2)3)13-16-11-15(4)12-18(19(16)23-8)21(5,6)7/h11-12,14,17H,9-10,13H2,1-8H3. The molecule has 136 valence electrons. The smallest absolute Gasteiger partial charge is 0.309 e. The van der Waals surface area contributed by atoms with Crippen LogP contribution < -0.4 is 4.74 Å². The molecule has 1 aromatic rings. The van der Waals surface area contributed by atoms with Gasteiger partial charge in [0.05, 0.1) is 19.6 Å². The summed E-state index contributed by atoms with van der Waals surface area (Å²) >= 11 is 0. The van der Waals surface area contributed by atoms with Crippen LogP contribution in [0.2, 0.25) is 0 Å². The molecule has 0 amide bonds. The van der Waals surface area contributed by atoms with Crippen LogP contribution in [-0.4, -0.2) is 19.7 Å². The Morgan fingerprint density at radius 2 is 1.83 bits per heavy atom. The van der Waals surface area contributed by atoms with Gasteiger partial charge in [-0.25, -0.2) is 0 Å². The molecule has 0 aromatic heterocycles. The van der Waals surface area contributed by atoms with Gasteiger partial charge >= 0.3 is 5.97 Å². The van der Waals surface area contributed by atoms with Crippen LogP contribution in [0.3, 0.4) is 0 Å². The van der Waals surface area contributed by atoms with Crippen molar-refractivity contribution in [2.45, 2.75) is 66.7 Å². The molecule has 1 rings (SSSR count). The van der Waals surface area contributed by atoms with Gasteiger partial charge in [-0.05, 0) is 43.6 Å². The van der Waals surface area contributed by atoms with E-state index in [0.29, 0.717) is 18.9 Å². The average Bonchev–Trinajstić information content (AvgIpc) is 2.44. The Bertz CT molecular complexity index is 553. The highest BCUT2D eigenvalue weighted by Gasteiger charge is 2.26. The fraction of sp³-hybridized carbons (Fsp3) is 0.667. The number of ether oxygens (including phenoxy) is 2. The summed E-state index contributed by atoms with van der Waals surface area (Å²) in [5, 5.41) is 0. The number of hydrogen-bond donors (Lipinski definition) is 0. The fourth-order valence-electron chi connectivity index (χ4n) is 3.16. The lowest BCUT2D eigenvalue weighted by atomic mass is 9.82. The van der Waals surface area contributed by atoms with E-state index in [4.69, 9.17) is 9.47 Å². The van der Waals surface area contributed by atoms with Crippen LogP contribution in [0.5, 0.6) is 5.75 Å². The number of hydrogen-bond acceptors (Lipinski definition) is 3. The highest BCUT2D eigenvalue weighted by molar-refractivity contribution is 5.73. The van der Waals surface area contributed by atoms with Crippen molar-refractivity contribution >= 4 is 5.97 Å². The van der Waals surface area contributed by atoms with Crippen molar-refractivity contribution in [3.05, 3.63) is 28.8 Å². The molecule has 0 bridgehead atoms. The first-order valence-corrected chi connectivity index (χ1v) is 8.94. The van der Waals surface area contributed by atoms with Crippen molar-refractivity contribution < 1.29 is 14.3 Å². The van der Waals surface area contributed by atoms with E-state index in [0.717, 1.165) is 17.7 Å². The van der Waals surface area contributed by atoms with Crippen LogP contribution in [0.25, 0.3) is 0 Å². The minimum absolute atomic E-state index is 0.0103. The number of carbonyl (C=O) groups is 1. The molecule has 24 heavy (non-hydrogen) atoms. The number of aryl methyl sites for hydroxylation is 1. The summed E-state index contributed by atoms with van der Waals surface area (Å²) in [6.45, 7) is 15.2. The van der Waals surface area contributed by atoms with Crippen LogP contribution in [0, 0.1) is 18.8 Å². The predicted molar refractivity (Wildman–Crippen MR) is 99.7 cm³/mol. The molecule has 0 saturated carbocycles. The number of benzene rings is 1. The molecule has 0 fully saturated rings. The molecule has 1 aromatic carbocycles. The van der Waals surface area contributed by atoms with Crippen LogP contribution in [0.1, 0.15) is 64.7 Å². The third-order valence-corrected chi connectivity index (χ3v) is 4.16. The summed E-state index contributed by atoms with van der Waals surface area (Å²) in [6.07, 6.45) is 1.48. The Hall–Kier alpha value is -1.51. The highest BCUT2D eigenvalue weighted by Crippen LogP contribution is 2.37. The summed E-state index contributed by atoms with van der Waals surface area (Å²) in [4.78, 5) is 12.4. The van der Waals surface area contributed by atoms with Crippen molar-refractivity contribution in [1.82, 2.24) is 0 Å². The average molecular weight is 335 g/mol. The Morgan fingerprint density at radius 3 is 2.29 bits per heavy atom. The molecule has 0 aliphatic rings. The molecule has 0 N–H and O–H groups in total. The van der Waals surface area contributed by atoms with E-state index in [-0.39, 0.29) is 17.3 Å². The lowest BCUT2D eigenvalue weighted by Gasteiger charge is -2.26. The zero-order valence-electron chi connectivity index (χ0n) is 16.7. The van der Waals surface area contributed by atoms with Gasteiger partial charge in [-0.1, -0.05) is 52.3 Å². The molecule has 0 aliphatic carbocycles. The maximum absolute atomic E-state index is 12.4. The normalized spacial score (nSPS) is 13.0.